The molecule has 1 rings (SSSR count). The van der Waals surface area contributed by atoms with Crippen LogP contribution in [0.3, 0.4) is 0 Å². The summed E-state index contributed by atoms with van der Waals surface area (Å²) in [7, 11) is 0. The van der Waals surface area contributed by atoms with Crippen LogP contribution in [0.4, 0.5) is 19.0 Å². The molecule has 0 radical (unpaired) electrons. The van der Waals surface area contributed by atoms with Gasteiger partial charge in [0.05, 0.1) is 12.3 Å². The predicted octanol–water partition coefficient (Wildman–Crippen LogP) is 1.74. The van der Waals surface area contributed by atoms with Crippen molar-refractivity contribution in [3.8, 4) is 0 Å². The Bertz CT molecular complexity index is 301. The van der Waals surface area contributed by atoms with E-state index in [0.29, 0.717) is 5.69 Å². The summed E-state index contributed by atoms with van der Waals surface area (Å²) in [5.74, 6) is 0.262. The van der Waals surface area contributed by atoms with Gasteiger partial charge in [0.25, 0.3) is 0 Å². The van der Waals surface area contributed by atoms with Crippen molar-refractivity contribution in [2.45, 2.75) is 12.8 Å². The number of alkyl halides is 3. The molecule has 78 valence electrons. The van der Waals surface area contributed by atoms with Gasteiger partial charge in [-0.3, -0.25) is 0 Å². The summed E-state index contributed by atoms with van der Waals surface area (Å²) < 4.78 is 39.4. The van der Waals surface area contributed by atoms with Gasteiger partial charge in [0.1, 0.15) is 12.4 Å². The van der Waals surface area contributed by atoms with E-state index < -0.39 is 12.8 Å². The fraction of sp³-hybridized carbons (Fsp3) is 0.375. The molecule has 0 unspecified atom stereocenters. The molecule has 3 nitrogen and oxygen atoms in total. The van der Waals surface area contributed by atoms with Crippen LogP contribution in [0.5, 0.6) is 0 Å². The van der Waals surface area contributed by atoms with E-state index in [0.717, 1.165) is 0 Å². The van der Waals surface area contributed by atoms with Gasteiger partial charge in [0.2, 0.25) is 0 Å². The van der Waals surface area contributed by atoms with Crippen molar-refractivity contribution in [3.63, 3.8) is 0 Å². The van der Waals surface area contributed by atoms with Gasteiger partial charge < -0.3 is 10.5 Å². The van der Waals surface area contributed by atoms with E-state index in [1.165, 1.54) is 0 Å². The van der Waals surface area contributed by atoms with Gasteiger partial charge in [-0.15, -0.1) is 0 Å². The highest BCUT2D eigenvalue weighted by Crippen LogP contribution is 2.15. The molecular weight excluding hydrogens is 197 g/mol. The van der Waals surface area contributed by atoms with Gasteiger partial charge in [-0.05, 0) is 12.1 Å². The van der Waals surface area contributed by atoms with Gasteiger partial charge in [-0.25, -0.2) is 4.98 Å². The molecule has 0 amide bonds. The standard InChI is InChI=1S/C8H9F3N2O/c9-8(10,11)5-14-4-6-2-1-3-7(12)13-6/h1-3H,4-5H2,(H2,12,13). The minimum Gasteiger partial charge on any atom is -0.384 e. The Labute approximate surface area is 78.7 Å². The first-order valence-corrected chi connectivity index (χ1v) is 3.83. The van der Waals surface area contributed by atoms with Crippen molar-refractivity contribution in [1.82, 2.24) is 4.98 Å². The van der Waals surface area contributed by atoms with Crippen LogP contribution in [0.25, 0.3) is 0 Å². The number of halogens is 3. The lowest BCUT2D eigenvalue weighted by Gasteiger charge is -2.07. The smallest absolute Gasteiger partial charge is 0.384 e. The minimum atomic E-state index is -4.31. The summed E-state index contributed by atoms with van der Waals surface area (Å²) in [4.78, 5) is 3.78. The normalized spacial score (nSPS) is 11.6. The largest absolute Gasteiger partial charge is 0.411 e. The predicted molar refractivity (Wildman–Crippen MR) is 44.4 cm³/mol. The molecule has 1 aromatic heterocycles. The lowest BCUT2D eigenvalue weighted by Crippen LogP contribution is -2.17. The van der Waals surface area contributed by atoms with Gasteiger partial charge in [0.15, 0.2) is 0 Å². The van der Waals surface area contributed by atoms with Crippen LogP contribution in [-0.2, 0) is 11.3 Å². The molecule has 6 heteroatoms. The average Bonchev–Trinajstić information content (AvgIpc) is 2.01. The van der Waals surface area contributed by atoms with Gasteiger partial charge in [-0.2, -0.15) is 13.2 Å². The Balaban J connectivity index is 2.39. The highest BCUT2D eigenvalue weighted by atomic mass is 19.4. The van der Waals surface area contributed by atoms with Gasteiger partial charge in [0, 0.05) is 0 Å². The number of pyridine rings is 1. The Kier molecular flexibility index (Phi) is 3.29. The summed E-state index contributed by atoms with van der Waals surface area (Å²) in [6.45, 7) is -1.46. The molecule has 1 heterocycles. The number of nitrogens with two attached hydrogens (primary N) is 1. The lowest BCUT2D eigenvalue weighted by molar-refractivity contribution is -0.176. The molecule has 14 heavy (non-hydrogen) atoms. The van der Waals surface area contributed by atoms with Crippen molar-refractivity contribution >= 4 is 5.82 Å². The van der Waals surface area contributed by atoms with E-state index in [2.05, 4.69) is 9.72 Å². The van der Waals surface area contributed by atoms with Crippen molar-refractivity contribution < 1.29 is 17.9 Å². The molecule has 1 aromatic rings. The Morgan fingerprint density at radius 3 is 2.64 bits per heavy atom. The summed E-state index contributed by atoms with van der Waals surface area (Å²) in [6, 6.07) is 4.70. The SMILES string of the molecule is Nc1cccc(COCC(F)(F)F)n1. The second kappa shape index (κ2) is 4.28. The van der Waals surface area contributed by atoms with Crippen molar-refractivity contribution in [1.29, 1.82) is 0 Å². The second-order valence-corrected chi connectivity index (χ2v) is 2.66. The molecule has 0 atom stereocenters. The maximum absolute atomic E-state index is 11.7. The molecule has 2 N–H and O–H groups in total. The zero-order valence-electron chi connectivity index (χ0n) is 7.21. The maximum atomic E-state index is 11.7. The van der Waals surface area contributed by atoms with Gasteiger partial charge in [-0.1, -0.05) is 6.07 Å². The van der Waals surface area contributed by atoms with Crippen molar-refractivity contribution in [2.24, 2.45) is 0 Å². The molecule has 0 fully saturated rings. The fourth-order valence-corrected chi connectivity index (χ4v) is 0.850. The van der Waals surface area contributed by atoms with E-state index in [1.807, 2.05) is 0 Å². The molecule has 0 saturated carbocycles. The lowest BCUT2D eigenvalue weighted by atomic mass is 10.3. The number of nitrogens with zero attached hydrogens (tertiary/aromatic N) is 1. The third-order valence-corrected chi connectivity index (χ3v) is 1.34. The molecule has 0 aromatic carbocycles. The second-order valence-electron chi connectivity index (χ2n) is 2.66. The summed E-state index contributed by atoms with van der Waals surface area (Å²) in [5, 5.41) is 0. The fourth-order valence-electron chi connectivity index (χ4n) is 0.850. The number of rotatable bonds is 3. The molecule has 0 aliphatic heterocycles. The third kappa shape index (κ3) is 4.08. The monoisotopic (exact) mass is 206 g/mol. The Morgan fingerprint density at radius 2 is 2.07 bits per heavy atom. The third-order valence-electron chi connectivity index (χ3n) is 1.34. The number of hydrogen-bond acceptors (Lipinski definition) is 3. The van der Waals surface area contributed by atoms with E-state index in [4.69, 9.17) is 5.73 Å². The van der Waals surface area contributed by atoms with Crippen LogP contribution in [0.2, 0.25) is 0 Å². The highest BCUT2D eigenvalue weighted by molar-refractivity contribution is 5.28. The zero-order valence-corrected chi connectivity index (χ0v) is 7.21. The van der Waals surface area contributed by atoms with Crippen LogP contribution in [0.1, 0.15) is 5.69 Å². The Morgan fingerprint density at radius 1 is 1.36 bits per heavy atom. The molecule has 0 aliphatic carbocycles. The number of aromatic nitrogens is 1. The zero-order chi connectivity index (χ0) is 10.6. The molecular formula is C8H9F3N2O. The topological polar surface area (TPSA) is 48.1 Å². The first-order valence-electron chi connectivity index (χ1n) is 3.83. The average molecular weight is 206 g/mol. The Hall–Kier alpha value is -1.30. The van der Waals surface area contributed by atoms with Crippen LogP contribution in [0.15, 0.2) is 18.2 Å². The number of anilines is 1. The van der Waals surface area contributed by atoms with Crippen molar-refractivity contribution in [2.75, 3.05) is 12.3 Å². The van der Waals surface area contributed by atoms with Gasteiger partial charge >= 0.3 is 6.18 Å². The quantitative estimate of drug-likeness (QED) is 0.819. The van der Waals surface area contributed by atoms with E-state index in [9.17, 15) is 13.2 Å². The van der Waals surface area contributed by atoms with Crippen LogP contribution in [0, 0.1) is 0 Å². The number of nitrogen functional groups attached to an aromatic ring is 1. The number of ether oxygens (including phenoxy) is 1. The van der Waals surface area contributed by atoms with Crippen LogP contribution < -0.4 is 5.73 Å². The first-order chi connectivity index (χ1) is 6.47. The first kappa shape index (κ1) is 10.8. The number of hydrogen-bond donors (Lipinski definition) is 1. The van der Waals surface area contributed by atoms with Crippen LogP contribution >= 0.6 is 0 Å². The molecule has 0 spiro atoms. The summed E-state index contributed by atoms with van der Waals surface area (Å²) >= 11 is 0. The van der Waals surface area contributed by atoms with Crippen molar-refractivity contribution in [3.05, 3.63) is 23.9 Å². The minimum absolute atomic E-state index is 0.190. The van der Waals surface area contributed by atoms with E-state index >= 15 is 0 Å². The summed E-state index contributed by atoms with van der Waals surface area (Å²) in [6.07, 6.45) is -4.31. The molecule has 0 saturated heterocycles. The van der Waals surface area contributed by atoms with Crippen LogP contribution in [-0.4, -0.2) is 17.8 Å². The van der Waals surface area contributed by atoms with E-state index in [1.54, 1.807) is 18.2 Å². The maximum Gasteiger partial charge on any atom is 0.411 e. The van der Waals surface area contributed by atoms with E-state index in [-0.39, 0.29) is 12.4 Å². The summed E-state index contributed by atoms with van der Waals surface area (Å²) in [5.41, 5.74) is 5.71. The highest BCUT2D eigenvalue weighted by Gasteiger charge is 2.27. The molecule has 0 bridgehead atoms. The molecule has 0 aliphatic rings.